The van der Waals surface area contributed by atoms with Gasteiger partial charge in [-0.2, -0.15) is 0 Å². The smallest absolute Gasteiger partial charge is 0.208 e. The number of aliphatic hydroxyl groups excluding tert-OH is 2. The van der Waals surface area contributed by atoms with Crippen LogP contribution < -0.4 is 5.73 Å². The Morgan fingerprint density at radius 2 is 2.18 bits per heavy atom. The summed E-state index contributed by atoms with van der Waals surface area (Å²) >= 11 is 2.87. The molecule has 0 amide bonds. The van der Waals surface area contributed by atoms with Gasteiger partial charge in [-0.3, -0.25) is 4.57 Å². The number of unbranched alkanes of at least 4 members (excludes halogenated alkanes) is 2. The van der Waals surface area contributed by atoms with Gasteiger partial charge in [0.15, 0.2) is 27.8 Å². The zero-order chi connectivity index (χ0) is 19.7. The van der Waals surface area contributed by atoms with Crippen LogP contribution in [0.4, 0.5) is 5.82 Å². The van der Waals surface area contributed by atoms with Crippen molar-refractivity contribution in [3.8, 4) is 22.7 Å². The predicted octanol–water partition coefficient (Wildman–Crippen LogP) is 2.04. The second kappa shape index (κ2) is 8.05. The lowest BCUT2D eigenvalue weighted by molar-refractivity contribution is 0.0316. The van der Waals surface area contributed by atoms with Crippen LogP contribution in [0.15, 0.2) is 11.6 Å². The van der Waals surface area contributed by atoms with E-state index < -0.39 is 17.6 Å². The first kappa shape index (κ1) is 19.1. The van der Waals surface area contributed by atoms with Crippen LogP contribution in [0.2, 0.25) is 0 Å². The third-order valence-corrected chi connectivity index (χ3v) is 6.56. The lowest BCUT2D eigenvalue weighted by Crippen LogP contribution is -2.28. The van der Waals surface area contributed by atoms with Crippen molar-refractivity contribution in [1.82, 2.24) is 24.5 Å². The summed E-state index contributed by atoms with van der Waals surface area (Å²) in [5.41, 5.74) is 7.09. The maximum Gasteiger partial charge on any atom is 0.208 e. The molecule has 3 aromatic heterocycles. The second-order valence-corrected chi connectivity index (χ2v) is 8.48. The summed E-state index contributed by atoms with van der Waals surface area (Å²) in [7, 11) is 0. The fourth-order valence-corrected chi connectivity index (χ4v) is 4.94. The molecule has 4 N–H and O–H groups in total. The fourth-order valence-electron chi connectivity index (χ4n) is 3.00. The Balaban J connectivity index is 1.88. The van der Waals surface area contributed by atoms with Crippen LogP contribution in [0.3, 0.4) is 0 Å². The van der Waals surface area contributed by atoms with E-state index in [1.807, 2.05) is 5.38 Å². The van der Waals surface area contributed by atoms with Crippen LogP contribution in [-0.4, -0.2) is 52.7 Å². The van der Waals surface area contributed by atoms with Crippen LogP contribution in [0.1, 0.15) is 37.4 Å². The van der Waals surface area contributed by atoms with E-state index in [2.05, 4.69) is 38.7 Å². The maximum atomic E-state index is 10.5. The fraction of sp³-hybridized carbons (Fsp3) is 0.444. The van der Waals surface area contributed by atoms with Gasteiger partial charge in [-0.15, -0.1) is 23.1 Å². The molecule has 3 atom stereocenters. The average Bonchev–Trinajstić information content (AvgIpc) is 3.39. The molecule has 1 aliphatic heterocycles. The van der Waals surface area contributed by atoms with E-state index in [0.717, 1.165) is 19.3 Å². The van der Waals surface area contributed by atoms with Crippen LogP contribution in [0.25, 0.3) is 22.0 Å². The molecule has 0 unspecified atom stereocenters. The normalized spacial score (nSPS) is 21.8. The van der Waals surface area contributed by atoms with Gasteiger partial charge >= 0.3 is 0 Å². The Kier molecular flexibility index (Phi) is 5.50. The number of thioether (sulfide) groups is 1. The van der Waals surface area contributed by atoms with E-state index in [1.54, 1.807) is 10.8 Å². The van der Waals surface area contributed by atoms with E-state index in [4.69, 9.17) is 5.73 Å². The van der Waals surface area contributed by atoms with Crippen molar-refractivity contribution in [3.63, 3.8) is 0 Å². The molecule has 0 spiro atoms. The van der Waals surface area contributed by atoms with Gasteiger partial charge in [0.05, 0.1) is 6.10 Å². The van der Waals surface area contributed by atoms with E-state index in [0.29, 0.717) is 33.6 Å². The second-order valence-electron chi connectivity index (χ2n) is 6.43. The zero-order valence-electron chi connectivity index (χ0n) is 15.2. The summed E-state index contributed by atoms with van der Waals surface area (Å²) in [6.45, 7) is 2.11. The molecule has 1 aliphatic rings. The number of hydrogen-bond acceptors (Lipinski definition) is 9. The Morgan fingerprint density at radius 3 is 2.86 bits per heavy atom. The zero-order valence-corrected chi connectivity index (χ0v) is 16.9. The van der Waals surface area contributed by atoms with E-state index in [9.17, 15) is 10.2 Å². The van der Waals surface area contributed by atoms with Gasteiger partial charge in [0.1, 0.15) is 11.5 Å². The first-order valence-electron chi connectivity index (χ1n) is 9.02. The van der Waals surface area contributed by atoms with Crippen LogP contribution in [0.5, 0.6) is 0 Å². The van der Waals surface area contributed by atoms with Crippen molar-refractivity contribution in [3.05, 3.63) is 17.4 Å². The quantitative estimate of drug-likeness (QED) is 0.436. The van der Waals surface area contributed by atoms with E-state index >= 15 is 0 Å². The predicted molar refractivity (Wildman–Crippen MR) is 111 cm³/mol. The van der Waals surface area contributed by atoms with Crippen molar-refractivity contribution in [1.29, 1.82) is 0 Å². The van der Waals surface area contributed by atoms with Crippen LogP contribution in [0, 0.1) is 11.8 Å². The summed E-state index contributed by atoms with van der Waals surface area (Å²) in [5.74, 6) is 7.57. The van der Waals surface area contributed by atoms with E-state index in [-0.39, 0.29) is 5.82 Å². The van der Waals surface area contributed by atoms with Crippen molar-refractivity contribution < 1.29 is 10.2 Å². The SMILES string of the molecule is CCCCC#Cc1nc(N)c2nc(-c3nccs3)n([C@@H]3SC[C@@H](O)[C@H]3O)c2n1. The molecule has 28 heavy (non-hydrogen) atoms. The minimum Gasteiger partial charge on any atom is -0.389 e. The van der Waals surface area contributed by atoms with Gasteiger partial charge in [-0.05, 0) is 12.3 Å². The third-order valence-electron chi connectivity index (χ3n) is 4.42. The number of thiazole rings is 1. The molecule has 3 aromatic rings. The lowest BCUT2D eigenvalue weighted by atomic mass is 10.2. The Morgan fingerprint density at radius 1 is 1.32 bits per heavy atom. The first-order chi connectivity index (χ1) is 13.6. The van der Waals surface area contributed by atoms with Gasteiger partial charge < -0.3 is 15.9 Å². The van der Waals surface area contributed by atoms with Gasteiger partial charge in [0.2, 0.25) is 5.82 Å². The molecule has 0 aromatic carbocycles. The molecule has 1 saturated heterocycles. The van der Waals surface area contributed by atoms with Gasteiger partial charge in [0, 0.05) is 23.8 Å². The number of aliphatic hydroxyl groups is 2. The van der Waals surface area contributed by atoms with Crippen molar-refractivity contribution in [2.24, 2.45) is 0 Å². The summed E-state index contributed by atoms with van der Waals surface area (Å²) in [6, 6.07) is 0. The van der Waals surface area contributed by atoms with E-state index in [1.165, 1.54) is 23.1 Å². The van der Waals surface area contributed by atoms with Gasteiger partial charge in [0.25, 0.3) is 0 Å². The molecular formula is C18H20N6O2S2. The summed E-state index contributed by atoms with van der Waals surface area (Å²) in [6.07, 6.45) is 2.78. The summed E-state index contributed by atoms with van der Waals surface area (Å²) in [5, 5.41) is 22.6. The summed E-state index contributed by atoms with van der Waals surface area (Å²) in [4.78, 5) is 17.8. The number of anilines is 1. The average molecular weight is 417 g/mol. The monoisotopic (exact) mass is 416 g/mol. The highest BCUT2D eigenvalue weighted by atomic mass is 32.2. The molecule has 8 nitrogen and oxygen atoms in total. The Labute approximate surface area is 170 Å². The van der Waals surface area contributed by atoms with Crippen LogP contribution >= 0.6 is 23.1 Å². The molecule has 10 heteroatoms. The number of rotatable bonds is 4. The molecule has 0 bridgehead atoms. The highest BCUT2D eigenvalue weighted by Crippen LogP contribution is 2.41. The number of nitrogen functional groups attached to an aromatic ring is 1. The molecule has 4 rings (SSSR count). The molecule has 0 aliphatic carbocycles. The molecule has 1 fully saturated rings. The molecule has 146 valence electrons. The number of nitrogens with two attached hydrogens (primary N) is 1. The highest BCUT2D eigenvalue weighted by Gasteiger charge is 2.38. The summed E-state index contributed by atoms with van der Waals surface area (Å²) < 4.78 is 1.80. The number of fused-ring (bicyclic) bond motifs is 1. The van der Waals surface area contributed by atoms with Crippen molar-refractivity contribution in [2.75, 3.05) is 11.5 Å². The molecule has 0 saturated carbocycles. The topological polar surface area (TPSA) is 123 Å². The number of imidazole rings is 1. The minimum atomic E-state index is -0.948. The number of hydrogen-bond donors (Lipinski definition) is 3. The largest absolute Gasteiger partial charge is 0.389 e. The molecular weight excluding hydrogens is 396 g/mol. The number of aromatic nitrogens is 5. The standard InChI is InChI=1S/C18H20N6O2S2/c1-2-3-4-5-6-11-21-14(19)12-15(22-11)24(18-13(26)10(25)9-28-18)16(23-12)17-20-7-8-27-17/h7-8,10,13,18,25-26H,2-4,9H2,1H3,(H2,19,21,22)/t10-,13-,18-/m1/s1. The Bertz CT molecular complexity index is 1040. The number of nitrogens with zero attached hydrogens (tertiary/aromatic N) is 5. The van der Waals surface area contributed by atoms with Crippen molar-refractivity contribution >= 4 is 40.1 Å². The third kappa shape index (κ3) is 3.46. The lowest BCUT2D eigenvalue weighted by Gasteiger charge is -2.19. The van der Waals surface area contributed by atoms with Crippen molar-refractivity contribution in [2.45, 2.75) is 43.8 Å². The maximum absolute atomic E-state index is 10.5. The highest BCUT2D eigenvalue weighted by molar-refractivity contribution is 7.99. The molecule has 0 radical (unpaired) electrons. The minimum absolute atomic E-state index is 0.236. The van der Waals surface area contributed by atoms with Gasteiger partial charge in [-0.1, -0.05) is 19.3 Å². The van der Waals surface area contributed by atoms with Gasteiger partial charge in [-0.25, -0.2) is 19.9 Å². The first-order valence-corrected chi connectivity index (χ1v) is 10.9. The van der Waals surface area contributed by atoms with Crippen LogP contribution in [-0.2, 0) is 0 Å². The Hall–Kier alpha value is -2.19. The molecule has 4 heterocycles.